The van der Waals surface area contributed by atoms with Crippen LogP contribution in [0.25, 0.3) is 0 Å². The molecule has 1 aromatic carbocycles. The Kier molecular flexibility index (Phi) is 4.44. The number of amides is 1. The molecule has 1 aliphatic rings. The molecule has 6 heteroatoms. The number of carbonyl (C=O) groups is 1. The summed E-state index contributed by atoms with van der Waals surface area (Å²) in [5.41, 5.74) is 0.380. The van der Waals surface area contributed by atoms with Crippen molar-refractivity contribution < 1.29 is 22.7 Å². The van der Waals surface area contributed by atoms with E-state index in [1.807, 2.05) is 0 Å². The van der Waals surface area contributed by atoms with E-state index in [9.17, 15) is 18.0 Å². The molecule has 0 bridgehead atoms. The molecule has 1 fully saturated rings. The van der Waals surface area contributed by atoms with E-state index in [2.05, 4.69) is 18.6 Å². The van der Waals surface area contributed by atoms with Crippen molar-refractivity contribution >= 4 is 5.91 Å². The maximum Gasteiger partial charge on any atom is 0.573 e. The molecule has 0 aromatic heterocycles. The van der Waals surface area contributed by atoms with E-state index < -0.39 is 6.36 Å². The molecule has 3 nitrogen and oxygen atoms in total. The zero-order chi connectivity index (χ0) is 15.6. The molecule has 116 valence electrons. The summed E-state index contributed by atoms with van der Waals surface area (Å²) in [4.78, 5) is 14.1. The Balaban J connectivity index is 2.06. The van der Waals surface area contributed by atoms with Crippen LogP contribution in [0.4, 0.5) is 13.2 Å². The van der Waals surface area contributed by atoms with Crippen LogP contribution in [0.15, 0.2) is 24.3 Å². The number of carbonyl (C=O) groups excluding carboxylic acids is 1. The van der Waals surface area contributed by atoms with E-state index in [-0.39, 0.29) is 11.7 Å². The van der Waals surface area contributed by atoms with Gasteiger partial charge in [-0.15, -0.1) is 13.2 Å². The Morgan fingerprint density at radius 3 is 2.14 bits per heavy atom. The zero-order valence-corrected chi connectivity index (χ0v) is 12.0. The first-order valence-corrected chi connectivity index (χ1v) is 6.89. The van der Waals surface area contributed by atoms with E-state index in [1.54, 1.807) is 4.90 Å². The maximum atomic E-state index is 12.4. The van der Waals surface area contributed by atoms with Crippen LogP contribution in [0.1, 0.15) is 30.6 Å². The number of piperidine rings is 1. The van der Waals surface area contributed by atoms with E-state index in [4.69, 9.17) is 0 Å². The average molecular weight is 301 g/mol. The van der Waals surface area contributed by atoms with Crippen LogP contribution >= 0.6 is 0 Å². The number of nitrogens with zero attached hydrogens (tertiary/aromatic N) is 1. The molecule has 1 amide bonds. The van der Waals surface area contributed by atoms with Crippen LogP contribution in [-0.2, 0) is 0 Å². The summed E-state index contributed by atoms with van der Waals surface area (Å²) < 4.78 is 40.0. The second-order valence-electron chi connectivity index (χ2n) is 5.73. The number of hydrogen-bond acceptors (Lipinski definition) is 2. The second-order valence-corrected chi connectivity index (χ2v) is 5.73. The molecule has 0 spiro atoms. The van der Waals surface area contributed by atoms with Gasteiger partial charge in [0.15, 0.2) is 0 Å². The molecule has 21 heavy (non-hydrogen) atoms. The maximum absolute atomic E-state index is 12.4. The predicted octanol–water partition coefficient (Wildman–Crippen LogP) is 3.70. The number of hydrogen-bond donors (Lipinski definition) is 0. The molecule has 1 heterocycles. The molecule has 1 saturated heterocycles. The minimum Gasteiger partial charge on any atom is -0.406 e. The van der Waals surface area contributed by atoms with Crippen molar-refractivity contribution in [1.29, 1.82) is 0 Å². The van der Waals surface area contributed by atoms with Gasteiger partial charge in [0.1, 0.15) is 5.75 Å². The highest BCUT2D eigenvalue weighted by atomic mass is 19.4. The molecule has 0 N–H and O–H groups in total. The fourth-order valence-electron chi connectivity index (χ4n) is 2.81. The molecule has 1 aliphatic heterocycles. The molecular weight excluding hydrogens is 283 g/mol. The second kappa shape index (κ2) is 5.95. The number of benzene rings is 1. The minimum absolute atomic E-state index is 0.146. The summed E-state index contributed by atoms with van der Waals surface area (Å²) in [7, 11) is 0. The molecule has 0 aliphatic carbocycles. The normalized spacial score (nSPS) is 23.0. The summed E-state index contributed by atoms with van der Waals surface area (Å²) >= 11 is 0. The topological polar surface area (TPSA) is 29.5 Å². The highest BCUT2D eigenvalue weighted by Crippen LogP contribution is 2.25. The predicted molar refractivity (Wildman–Crippen MR) is 72.0 cm³/mol. The van der Waals surface area contributed by atoms with Crippen molar-refractivity contribution in [2.75, 3.05) is 13.1 Å². The van der Waals surface area contributed by atoms with Crippen molar-refractivity contribution in [1.82, 2.24) is 4.90 Å². The third-order valence-electron chi connectivity index (χ3n) is 3.49. The number of halogens is 3. The molecule has 0 saturated carbocycles. The molecule has 2 atom stereocenters. The smallest absolute Gasteiger partial charge is 0.406 e. The van der Waals surface area contributed by atoms with Gasteiger partial charge >= 0.3 is 6.36 Å². The first kappa shape index (κ1) is 15.7. The van der Waals surface area contributed by atoms with Crippen molar-refractivity contribution in [2.45, 2.75) is 26.6 Å². The largest absolute Gasteiger partial charge is 0.573 e. The van der Waals surface area contributed by atoms with E-state index in [0.29, 0.717) is 30.5 Å². The van der Waals surface area contributed by atoms with Gasteiger partial charge in [0.25, 0.3) is 5.91 Å². The summed E-state index contributed by atoms with van der Waals surface area (Å²) in [6, 6.07) is 5.07. The van der Waals surface area contributed by atoms with Crippen LogP contribution in [-0.4, -0.2) is 30.3 Å². The summed E-state index contributed by atoms with van der Waals surface area (Å²) in [6.07, 6.45) is -3.63. The standard InChI is InChI=1S/C15H18F3NO2/c1-10-7-11(2)9-19(8-10)14(20)12-3-5-13(6-4-12)21-15(16,17)18/h3-6,10-11H,7-9H2,1-2H3. The number of alkyl halides is 3. The summed E-state index contributed by atoms with van der Waals surface area (Å²) in [5.74, 6) is 0.405. The van der Waals surface area contributed by atoms with Gasteiger partial charge < -0.3 is 9.64 Å². The lowest BCUT2D eigenvalue weighted by Gasteiger charge is -2.35. The van der Waals surface area contributed by atoms with E-state index in [1.165, 1.54) is 12.1 Å². The van der Waals surface area contributed by atoms with Crippen molar-refractivity contribution in [2.24, 2.45) is 11.8 Å². The highest BCUT2D eigenvalue weighted by Gasteiger charge is 2.31. The van der Waals surface area contributed by atoms with E-state index in [0.717, 1.165) is 18.6 Å². The van der Waals surface area contributed by atoms with Crippen molar-refractivity contribution in [3.05, 3.63) is 29.8 Å². The van der Waals surface area contributed by atoms with Gasteiger partial charge in [-0.2, -0.15) is 0 Å². The lowest BCUT2D eigenvalue weighted by molar-refractivity contribution is -0.274. The van der Waals surface area contributed by atoms with E-state index >= 15 is 0 Å². The van der Waals surface area contributed by atoms with Gasteiger partial charge in [0.05, 0.1) is 0 Å². The summed E-state index contributed by atoms with van der Waals surface area (Å²) in [5, 5.41) is 0. The minimum atomic E-state index is -4.72. The summed E-state index contributed by atoms with van der Waals surface area (Å²) in [6.45, 7) is 5.56. The van der Waals surface area contributed by atoms with Gasteiger partial charge in [-0.1, -0.05) is 13.8 Å². The third-order valence-corrected chi connectivity index (χ3v) is 3.49. The number of rotatable bonds is 2. The Bertz CT molecular complexity index is 489. The Morgan fingerprint density at radius 1 is 1.14 bits per heavy atom. The quantitative estimate of drug-likeness (QED) is 0.833. The Hall–Kier alpha value is -1.72. The van der Waals surface area contributed by atoms with Crippen molar-refractivity contribution in [3.8, 4) is 5.75 Å². The van der Waals surface area contributed by atoms with Gasteiger partial charge in [-0.3, -0.25) is 4.79 Å². The van der Waals surface area contributed by atoms with Gasteiger partial charge in [-0.05, 0) is 42.5 Å². The fraction of sp³-hybridized carbons (Fsp3) is 0.533. The fourth-order valence-corrected chi connectivity index (χ4v) is 2.81. The van der Waals surface area contributed by atoms with Crippen LogP contribution in [0.2, 0.25) is 0 Å². The van der Waals surface area contributed by atoms with Gasteiger partial charge in [0, 0.05) is 18.7 Å². The first-order chi connectivity index (χ1) is 9.74. The van der Waals surface area contributed by atoms with Gasteiger partial charge in [-0.25, -0.2) is 0 Å². The van der Waals surface area contributed by atoms with Crippen LogP contribution in [0, 0.1) is 11.8 Å². The Labute approximate surface area is 121 Å². The third kappa shape index (κ3) is 4.37. The lowest BCUT2D eigenvalue weighted by Crippen LogP contribution is -2.42. The number of ether oxygens (including phenoxy) is 1. The monoisotopic (exact) mass is 301 g/mol. The lowest BCUT2D eigenvalue weighted by atomic mass is 9.91. The number of likely N-dealkylation sites (tertiary alicyclic amines) is 1. The average Bonchev–Trinajstić information content (AvgIpc) is 2.35. The Morgan fingerprint density at radius 2 is 1.67 bits per heavy atom. The SMILES string of the molecule is CC1CC(C)CN(C(=O)c2ccc(OC(F)(F)F)cc2)C1. The van der Waals surface area contributed by atoms with Crippen LogP contribution in [0.3, 0.4) is 0 Å². The molecule has 2 unspecified atom stereocenters. The first-order valence-electron chi connectivity index (χ1n) is 6.89. The van der Waals surface area contributed by atoms with Gasteiger partial charge in [0.2, 0.25) is 0 Å². The molecule has 0 radical (unpaired) electrons. The highest BCUT2D eigenvalue weighted by molar-refractivity contribution is 5.94. The molecule has 2 rings (SSSR count). The molecular formula is C15H18F3NO2. The van der Waals surface area contributed by atoms with Crippen LogP contribution in [0.5, 0.6) is 5.75 Å². The van der Waals surface area contributed by atoms with Crippen molar-refractivity contribution in [3.63, 3.8) is 0 Å². The van der Waals surface area contributed by atoms with Crippen LogP contribution < -0.4 is 4.74 Å². The molecule has 1 aromatic rings. The zero-order valence-electron chi connectivity index (χ0n) is 12.0.